The molecule has 4 unspecified atom stereocenters. The predicted molar refractivity (Wildman–Crippen MR) is 114 cm³/mol. The van der Waals surface area contributed by atoms with Crippen molar-refractivity contribution in [3.63, 3.8) is 0 Å². The summed E-state index contributed by atoms with van der Waals surface area (Å²) in [7, 11) is 0. The maximum Gasteiger partial charge on any atom is 0.289 e. The standard InChI is InChI=1S/C24H46O4/c1-6-11-12-13-14-15-18-23(7-2,20-16-17-21-22(19-20)28-21)24(25-8-3,26-9-4)27-10-5/h20-22H,6-19H2,1-5H3. The molecule has 0 aromatic carbocycles. The van der Waals surface area contributed by atoms with Gasteiger partial charge >= 0.3 is 0 Å². The van der Waals surface area contributed by atoms with E-state index >= 15 is 0 Å². The minimum atomic E-state index is -0.935. The Kier molecular flexibility index (Phi) is 10.2. The average molecular weight is 399 g/mol. The number of hydrogen-bond acceptors (Lipinski definition) is 4. The highest BCUT2D eigenvalue weighted by molar-refractivity contribution is 5.01. The molecule has 1 saturated heterocycles. The first-order valence-electron chi connectivity index (χ1n) is 12.2. The molecule has 1 aliphatic heterocycles. The van der Waals surface area contributed by atoms with Gasteiger partial charge in [0.05, 0.1) is 17.6 Å². The van der Waals surface area contributed by atoms with Crippen LogP contribution < -0.4 is 0 Å². The minimum absolute atomic E-state index is 0.114. The summed E-state index contributed by atoms with van der Waals surface area (Å²) in [4.78, 5) is 0. The monoisotopic (exact) mass is 398 g/mol. The molecule has 1 heterocycles. The lowest BCUT2D eigenvalue weighted by atomic mass is 9.62. The lowest BCUT2D eigenvalue weighted by Gasteiger charge is -2.53. The van der Waals surface area contributed by atoms with Crippen molar-refractivity contribution in [3.05, 3.63) is 0 Å². The minimum Gasteiger partial charge on any atom is -0.370 e. The van der Waals surface area contributed by atoms with Gasteiger partial charge in [0.25, 0.3) is 5.97 Å². The molecule has 1 saturated carbocycles. The summed E-state index contributed by atoms with van der Waals surface area (Å²) in [6, 6.07) is 0. The Morgan fingerprint density at radius 1 is 0.750 bits per heavy atom. The molecule has 0 amide bonds. The summed E-state index contributed by atoms with van der Waals surface area (Å²) in [6.07, 6.45) is 14.4. The second-order valence-corrected chi connectivity index (χ2v) is 8.61. The first kappa shape index (κ1) is 24.1. The molecule has 28 heavy (non-hydrogen) atoms. The van der Waals surface area contributed by atoms with Crippen molar-refractivity contribution in [1.82, 2.24) is 0 Å². The molecule has 0 spiro atoms. The first-order valence-corrected chi connectivity index (χ1v) is 12.2. The van der Waals surface area contributed by atoms with Crippen molar-refractivity contribution in [1.29, 1.82) is 0 Å². The third-order valence-electron chi connectivity index (χ3n) is 7.01. The van der Waals surface area contributed by atoms with E-state index in [-0.39, 0.29) is 5.41 Å². The molecular formula is C24H46O4. The molecule has 2 aliphatic rings. The van der Waals surface area contributed by atoms with Gasteiger partial charge in [-0.25, -0.2) is 0 Å². The smallest absolute Gasteiger partial charge is 0.289 e. The number of rotatable bonds is 16. The lowest BCUT2D eigenvalue weighted by Crippen LogP contribution is -2.58. The van der Waals surface area contributed by atoms with Crippen LogP contribution in [-0.4, -0.2) is 38.0 Å². The van der Waals surface area contributed by atoms with Gasteiger partial charge in [0.2, 0.25) is 0 Å². The zero-order valence-electron chi connectivity index (χ0n) is 19.3. The fourth-order valence-electron chi connectivity index (χ4n) is 5.54. The van der Waals surface area contributed by atoms with Crippen LogP contribution >= 0.6 is 0 Å². The first-order chi connectivity index (χ1) is 13.6. The van der Waals surface area contributed by atoms with E-state index < -0.39 is 5.97 Å². The molecule has 0 aromatic heterocycles. The van der Waals surface area contributed by atoms with E-state index in [4.69, 9.17) is 18.9 Å². The number of ether oxygens (including phenoxy) is 4. The molecule has 2 rings (SSSR count). The van der Waals surface area contributed by atoms with Crippen molar-refractivity contribution in [2.24, 2.45) is 11.3 Å². The van der Waals surface area contributed by atoms with Gasteiger partial charge in [-0.1, -0.05) is 52.4 Å². The molecule has 4 atom stereocenters. The zero-order valence-corrected chi connectivity index (χ0v) is 19.3. The third-order valence-corrected chi connectivity index (χ3v) is 7.01. The molecule has 2 fully saturated rings. The Labute approximate surface area is 174 Å². The molecule has 0 bridgehead atoms. The van der Waals surface area contributed by atoms with E-state index in [9.17, 15) is 0 Å². The van der Waals surface area contributed by atoms with E-state index in [1.54, 1.807) is 0 Å². The van der Waals surface area contributed by atoms with E-state index in [0.29, 0.717) is 37.9 Å². The van der Waals surface area contributed by atoms with Gasteiger partial charge in [-0.15, -0.1) is 0 Å². The molecule has 0 N–H and O–H groups in total. The molecule has 4 heteroatoms. The predicted octanol–water partition coefficient (Wildman–Crippen LogP) is 6.46. The van der Waals surface area contributed by atoms with Crippen molar-refractivity contribution < 1.29 is 18.9 Å². The fourth-order valence-corrected chi connectivity index (χ4v) is 5.54. The van der Waals surface area contributed by atoms with E-state index in [1.165, 1.54) is 51.4 Å². The Morgan fingerprint density at radius 2 is 1.36 bits per heavy atom. The van der Waals surface area contributed by atoms with Crippen LogP contribution in [0.1, 0.15) is 105 Å². The van der Waals surface area contributed by atoms with Crippen LogP contribution in [0.5, 0.6) is 0 Å². The van der Waals surface area contributed by atoms with Gasteiger partial charge in [-0.2, -0.15) is 0 Å². The molecule has 0 aromatic rings. The zero-order chi connectivity index (χ0) is 20.5. The van der Waals surface area contributed by atoms with Gasteiger partial charge in [0.1, 0.15) is 0 Å². The number of epoxide rings is 1. The summed E-state index contributed by atoms with van der Waals surface area (Å²) in [5, 5.41) is 0. The molecule has 1 aliphatic carbocycles. The number of hydrogen-bond donors (Lipinski definition) is 0. The van der Waals surface area contributed by atoms with Crippen LogP contribution in [0.3, 0.4) is 0 Å². The third kappa shape index (κ3) is 5.50. The van der Waals surface area contributed by atoms with Gasteiger partial charge in [-0.05, 0) is 58.8 Å². The maximum atomic E-state index is 6.38. The molecular weight excluding hydrogens is 352 g/mol. The summed E-state index contributed by atoms with van der Waals surface area (Å²) in [5.41, 5.74) is -0.114. The Hall–Kier alpha value is -0.160. The molecule has 0 radical (unpaired) electrons. The van der Waals surface area contributed by atoms with Gasteiger partial charge in [-0.3, -0.25) is 0 Å². The Bertz CT molecular complexity index is 410. The summed E-state index contributed by atoms with van der Waals surface area (Å²) >= 11 is 0. The van der Waals surface area contributed by atoms with E-state index in [0.717, 1.165) is 19.3 Å². The summed E-state index contributed by atoms with van der Waals surface area (Å²) < 4.78 is 25.0. The Morgan fingerprint density at radius 3 is 1.89 bits per heavy atom. The van der Waals surface area contributed by atoms with Crippen LogP contribution in [-0.2, 0) is 18.9 Å². The van der Waals surface area contributed by atoms with E-state index in [1.807, 2.05) is 0 Å². The van der Waals surface area contributed by atoms with Gasteiger partial charge in [0.15, 0.2) is 0 Å². The van der Waals surface area contributed by atoms with Crippen LogP contribution in [0.2, 0.25) is 0 Å². The van der Waals surface area contributed by atoms with Crippen molar-refractivity contribution in [2.75, 3.05) is 19.8 Å². The second-order valence-electron chi connectivity index (χ2n) is 8.61. The average Bonchev–Trinajstić information content (AvgIpc) is 3.47. The van der Waals surface area contributed by atoms with Crippen molar-refractivity contribution in [2.45, 2.75) is 123 Å². The summed E-state index contributed by atoms with van der Waals surface area (Å²) in [5.74, 6) is -0.406. The number of unbranched alkanes of at least 4 members (excludes halogenated alkanes) is 5. The molecule has 166 valence electrons. The van der Waals surface area contributed by atoms with Crippen LogP contribution in [0.4, 0.5) is 0 Å². The van der Waals surface area contributed by atoms with E-state index in [2.05, 4.69) is 34.6 Å². The van der Waals surface area contributed by atoms with Gasteiger partial charge < -0.3 is 18.9 Å². The SMILES string of the molecule is CCCCCCCCC(CC)(C1CCC2OC2C1)C(OCC)(OCC)OCC. The van der Waals surface area contributed by atoms with Gasteiger partial charge in [0, 0.05) is 19.8 Å². The quantitative estimate of drug-likeness (QED) is 0.170. The maximum absolute atomic E-state index is 6.38. The topological polar surface area (TPSA) is 40.2 Å². The lowest BCUT2D eigenvalue weighted by molar-refractivity contribution is -0.439. The number of fused-ring (bicyclic) bond motifs is 1. The highest BCUT2D eigenvalue weighted by Crippen LogP contribution is 2.56. The second kappa shape index (κ2) is 11.9. The summed E-state index contributed by atoms with van der Waals surface area (Å²) in [6.45, 7) is 12.6. The molecule has 4 nitrogen and oxygen atoms in total. The fraction of sp³-hybridized carbons (Fsp3) is 1.00. The normalized spacial score (nSPS) is 26.7. The van der Waals surface area contributed by atoms with Crippen molar-refractivity contribution >= 4 is 0 Å². The van der Waals surface area contributed by atoms with Crippen LogP contribution in [0.15, 0.2) is 0 Å². The highest BCUT2D eigenvalue weighted by Gasteiger charge is 2.60. The van der Waals surface area contributed by atoms with Crippen LogP contribution in [0, 0.1) is 11.3 Å². The highest BCUT2D eigenvalue weighted by atomic mass is 16.9. The largest absolute Gasteiger partial charge is 0.370 e. The van der Waals surface area contributed by atoms with Crippen molar-refractivity contribution in [3.8, 4) is 0 Å². The Balaban J connectivity index is 2.22. The van der Waals surface area contributed by atoms with Crippen LogP contribution in [0.25, 0.3) is 0 Å².